The van der Waals surface area contributed by atoms with Crippen LogP contribution in [-0.2, 0) is 14.3 Å². The third kappa shape index (κ3) is 5.84. The van der Waals surface area contributed by atoms with Crippen LogP contribution >= 0.6 is 0 Å². The van der Waals surface area contributed by atoms with Gasteiger partial charge in [-0.05, 0) is 87.4 Å². The maximum atomic E-state index is 12.9. The molecule has 3 saturated carbocycles. The first-order chi connectivity index (χ1) is 21.1. The Hall–Kier alpha value is -1.41. The third-order valence-electron chi connectivity index (χ3n) is 13.0. The molecule has 11 heteroatoms. The maximum absolute atomic E-state index is 12.9. The summed E-state index contributed by atoms with van der Waals surface area (Å²) in [6.07, 6.45) is -3.80. The molecule has 4 aliphatic carbocycles. The summed E-state index contributed by atoms with van der Waals surface area (Å²) in [4.78, 5) is 12.9. The summed E-state index contributed by atoms with van der Waals surface area (Å²) in [7, 11) is 0. The monoisotopic (exact) mass is 638 g/mol. The van der Waals surface area contributed by atoms with E-state index in [-0.39, 0.29) is 41.1 Å². The number of esters is 1. The van der Waals surface area contributed by atoms with Crippen LogP contribution in [0.4, 0.5) is 0 Å². The molecule has 1 saturated heterocycles. The molecule has 0 amide bonds. The fourth-order valence-electron chi connectivity index (χ4n) is 10.2. The zero-order chi connectivity index (χ0) is 33.2. The highest BCUT2D eigenvalue weighted by molar-refractivity contribution is 5.88. The van der Waals surface area contributed by atoms with Crippen molar-refractivity contribution in [2.24, 2.45) is 40.4 Å². The van der Waals surface area contributed by atoms with E-state index in [1.54, 1.807) is 13.8 Å². The number of ether oxygens (including phenoxy) is 2. The van der Waals surface area contributed by atoms with Crippen molar-refractivity contribution in [1.82, 2.24) is 0 Å². The predicted octanol–water partition coefficient (Wildman–Crippen LogP) is 0.935. The van der Waals surface area contributed by atoms with Crippen molar-refractivity contribution < 1.29 is 55.1 Å². The van der Waals surface area contributed by atoms with E-state index >= 15 is 0 Å². The van der Waals surface area contributed by atoms with Crippen LogP contribution in [-0.4, -0.2) is 109 Å². The van der Waals surface area contributed by atoms with E-state index in [0.717, 1.165) is 24.8 Å². The van der Waals surface area contributed by atoms with Gasteiger partial charge in [0.25, 0.3) is 0 Å². The van der Waals surface area contributed by atoms with Gasteiger partial charge < -0.3 is 50.3 Å². The van der Waals surface area contributed by atoms with Crippen molar-refractivity contribution in [2.45, 2.75) is 135 Å². The van der Waals surface area contributed by atoms with Crippen molar-refractivity contribution in [2.75, 3.05) is 6.61 Å². The number of allylic oxidation sites excluding steroid dienone is 1. The third-order valence-corrected chi connectivity index (χ3v) is 13.0. The van der Waals surface area contributed by atoms with Crippen LogP contribution in [0.2, 0.25) is 0 Å². The molecule has 0 radical (unpaired) electrons. The molecule has 0 aromatic heterocycles. The summed E-state index contributed by atoms with van der Waals surface area (Å²) in [6.45, 7) is 8.98. The Morgan fingerprint density at radius 3 is 2.42 bits per heavy atom. The first kappa shape index (κ1) is 34.9. The van der Waals surface area contributed by atoms with Crippen LogP contribution in [0.3, 0.4) is 0 Å². The first-order valence-corrected chi connectivity index (χ1v) is 16.7. The molecule has 16 atom stereocenters. The second kappa shape index (κ2) is 12.9. The quantitative estimate of drug-likeness (QED) is 0.112. The number of hydrogen-bond acceptors (Lipinski definition) is 11. The van der Waals surface area contributed by atoms with Crippen molar-refractivity contribution in [3.05, 3.63) is 22.8 Å². The maximum Gasteiger partial charge on any atom is 0.336 e. The Kier molecular flexibility index (Phi) is 10.0. The highest BCUT2D eigenvalue weighted by Crippen LogP contribution is 2.67. The normalized spacial score (nSPS) is 48.2. The Morgan fingerprint density at radius 2 is 1.76 bits per heavy atom. The predicted molar refractivity (Wildman–Crippen MR) is 162 cm³/mol. The molecule has 0 aromatic carbocycles. The van der Waals surface area contributed by atoms with Gasteiger partial charge >= 0.3 is 5.97 Å². The molecule has 8 N–H and O–H groups in total. The molecule has 45 heavy (non-hydrogen) atoms. The van der Waals surface area contributed by atoms with Crippen LogP contribution in [0, 0.1) is 40.4 Å². The number of carbonyl (C=O) groups is 1. The van der Waals surface area contributed by atoms with Gasteiger partial charge in [0, 0.05) is 17.4 Å². The van der Waals surface area contributed by atoms with E-state index in [9.17, 15) is 45.6 Å². The second-order valence-electron chi connectivity index (χ2n) is 15.3. The standard InChI is InChI=1S/C34H54O11/c1-15(16(2)31(43)45-32-30(42)29(41)28(40)25(14-35)44-32)10-23(37)17(3)21-8-9-22-20-7-6-18-11-19(36)12-26(39)34(18,5)27(20)24(38)13-33(21,22)4/h6,17,19-30,32,35-42H,7-14H2,1-5H3/b16-15-. The van der Waals surface area contributed by atoms with Gasteiger partial charge in [0.05, 0.1) is 31.0 Å². The molecule has 4 fully saturated rings. The molecule has 256 valence electrons. The SMILES string of the molecule is C/C(CC(O)C(C)C1CCC2C3CC=C4CC(O)CC(O)C4(C)C3C(O)CC12C)=C(\C)C(=O)OC1OC(CO)C(O)C(O)C1O. The minimum atomic E-state index is -1.70. The topological polar surface area (TPSA) is 197 Å². The average molecular weight is 639 g/mol. The van der Waals surface area contributed by atoms with Crippen LogP contribution in [0.15, 0.2) is 22.8 Å². The Balaban J connectivity index is 1.27. The van der Waals surface area contributed by atoms with Crippen LogP contribution in [0.25, 0.3) is 0 Å². The van der Waals surface area contributed by atoms with E-state index in [4.69, 9.17) is 9.47 Å². The number of aliphatic hydroxyl groups is 8. The van der Waals surface area contributed by atoms with Gasteiger partial charge in [-0.2, -0.15) is 0 Å². The molecule has 1 heterocycles. The number of rotatable bonds is 7. The number of fused-ring (bicyclic) bond motifs is 5. The summed E-state index contributed by atoms with van der Waals surface area (Å²) < 4.78 is 10.6. The lowest BCUT2D eigenvalue weighted by atomic mass is 9.45. The summed E-state index contributed by atoms with van der Waals surface area (Å²) >= 11 is 0. The summed E-state index contributed by atoms with van der Waals surface area (Å²) in [5, 5.41) is 84.4. The van der Waals surface area contributed by atoms with Gasteiger partial charge in [0.1, 0.15) is 24.4 Å². The van der Waals surface area contributed by atoms with Gasteiger partial charge in [0.15, 0.2) is 0 Å². The molecule has 16 unspecified atom stereocenters. The molecule has 11 nitrogen and oxygen atoms in total. The number of aliphatic hydroxyl groups excluding tert-OH is 8. The van der Waals surface area contributed by atoms with E-state index < -0.39 is 73.1 Å². The van der Waals surface area contributed by atoms with Crippen molar-refractivity contribution in [3.63, 3.8) is 0 Å². The fourth-order valence-corrected chi connectivity index (χ4v) is 10.2. The van der Waals surface area contributed by atoms with Crippen molar-refractivity contribution >= 4 is 5.97 Å². The second-order valence-corrected chi connectivity index (χ2v) is 15.3. The summed E-state index contributed by atoms with van der Waals surface area (Å²) in [5.41, 5.74) is 1.11. The summed E-state index contributed by atoms with van der Waals surface area (Å²) in [5.74, 6) is -0.354. The van der Waals surface area contributed by atoms with Gasteiger partial charge in [-0.15, -0.1) is 0 Å². The van der Waals surface area contributed by atoms with Crippen molar-refractivity contribution in [3.8, 4) is 0 Å². The molecule has 0 aromatic rings. The van der Waals surface area contributed by atoms with Crippen LogP contribution in [0.5, 0.6) is 0 Å². The molecule has 5 rings (SSSR count). The van der Waals surface area contributed by atoms with Crippen LogP contribution in [0.1, 0.15) is 79.6 Å². The Morgan fingerprint density at radius 1 is 1.07 bits per heavy atom. The van der Waals surface area contributed by atoms with E-state index in [0.29, 0.717) is 30.8 Å². The first-order valence-electron chi connectivity index (χ1n) is 16.7. The molecule has 1 aliphatic heterocycles. The molecule has 5 aliphatic rings. The summed E-state index contributed by atoms with van der Waals surface area (Å²) in [6, 6.07) is 0. The van der Waals surface area contributed by atoms with Crippen molar-refractivity contribution in [1.29, 1.82) is 0 Å². The van der Waals surface area contributed by atoms with Gasteiger partial charge in [-0.3, -0.25) is 0 Å². The molecule has 0 bridgehead atoms. The minimum Gasteiger partial charge on any atom is -0.429 e. The fraction of sp³-hybridized carbons (Fsp3) is 0.853. The highest BCUT2D eigenvalue weighted by atomic mass is 16.7. The van der Waals surface area contributed by atoms with Gasteiger partial charge in [-0.1, -0.05) is 38.0 Å². The lowest BCUT2D eigenvalue weighted by Crippen LogP contribution is -2.60. The Bertz CT molecular complexity index is 1170. The molecular formula is C34H54O11. The van der Waals surface area contributed by atoms with Gasteiger partial charge in [0.2, 0.25) is 6.29 Å². The number of hydrogen-bond donors (Lipinski definition) is 8. The lowest BCUT2D eigenvalue weighted by molar-refractivity contribution is -0.291. The largest absolute Gasteiger partial charge is 0.429 e. The lowest BCUT2D eigenvalue weighted by Gasteiger charge is -2.61. The van der Waals surface area contributed by atoms with E-state index in [1.165, 1.54) is 0 Å². The van der Waals surface area contributed by atoms with E-state index in [1.807, 2.05) is 6.92 Å². The van der Waals surface area contributed by atoms with Crippen LogP contribution < -0.4 is 0 Å². The minimum absolute atomic E-state index is 0.0837. The molecule has 0 spiro atoms. The average Bonchev–Trinajstić information content (AvgIpc) is 3.33. The van der Waals surface area contributed by atoms with E-state index in [2.05, 4.69) is 19.9 Å². The smallest absolute Gasteiger partial charge is 0.336 e. The molecular weight excluding hydrogens is 584 g/mol. The zero-order valence-electron chi connectivity index (χ0n) is 27.1. The zero-order valence-corrected chi connectivity index (χ0v) is 27.1. The van der Waals surface area contributed by atoms with Gasteiger partial charge in [-0.25, -0.2) is 4.79 Å². The Labute approximate surface area is 265 Å². The number of carbonyl (C=O) groups excluding carboxylic acids is 1. The highest BCUT2D eigenvalue weighted by Gasteiger charge is 2.64.